The molecule has 3 aromatic rings. The van der Waals surface area contributed by atoms with E-state index in [9.17, 15) is 13.2 Å². The summed E-state index contributed by atoms with van der Waals surface area (Å²) in [6, 6.07) is 15.1. The molecule has 0 N–H and O–H groups in total. The van der Waals surface area contributed by atoms with Gasteiger partial charge < -0.3 is 0 Å². The second-order valence-corrected chi connectivity index (χ2v) is 7.03. The lowest BCUT2D eigenvalue weighted by Crippen LogP contribution is -2.04. The number of hydrogen-bond donors (Lipinski definition) is 0. The topological polar surface area (TPSA) is 25.8 Å². The Bertz CT molecular complexity index is 888. The third-order valence-electron chi connectivity index (χ3n) is 4.11. The van der Waals surface area contributed by atoms with E-state index in [1.54, 1.807) is 0 Å². The number of benzene rings is 2. The quantitative estimate of drug-likeness (QED) is 0.518. The Balaban J connectivity index is 1.65. The molecule has 1 aromatic heterocycles. The second kappa shape index (κ2) is 7.50. The summed E-state index contributed by atoms with van der Waals surface area (Å²) in [6.07, 6.45) is -4.30. The van der Waals surface area contributed by atoms with Crippen LogP contribution in [0.15, 0.2) is 59.6 Å². The number of aromatic nitrogens is 2. The molecule has 0 aliphatic carbocycles. The number of aryl methyl sites for hydroxylation is 2. The second-order valence-electron chi connectivity index (χ2n) is 6.04. The van der Waals surface area contributed by atoms with Gasteiger partial charge in [0, 0.05) is 11.3 Å². The Morgan fingerprint density at radius 2 is 1.58 bits per heavy atom. The van der Waals surface area contributed by atoms with Crippen LogP contribution < -0.4 is 0 Å². The van der Waals surface area contributed by atoms with Crippen molar-refractivity contribution in [2.75, 3.05) is 0 Å². The van der Waals surface area contributed by atoms with Crippen molar-refractivity contribution in [2.24, 2.45) is 0 Å². The van der Waals surface area contributed by atoms with Gasteiger partial charge in [-0.2, -0.15) is 13.2 Å². The molecule has 0 spiro atoms. The molecule has 0 saturated heterocycles. The monoisotopic (exact) mass is 374 g/mol. The first-order valence-corrected chi connectivity index (χ1v) is 9.02. The first-order valence-electron chi connectivity index (χ1n) is 8.03. The number of hydrogen-bond acceptors (Lipinski definition) is 3. The van der Waals surface area contributed by atoms with Gasteiger partial charge in [-0.1, -0.05) is 36.0 Å². The molecule has 1 heterocycles. The molecule has 2 nitrogen and oxygen atoms in total. The molecule has 0 fully saturated rings. The van der Waals surface area contributed by atoms with Gasteiger partial charge in [-0.3, -0.25) is 0 Å². The number of halogens is 3. The van der Waals surface area contributed by atoms with Gasteiger partial charge in [0.25, 0.3) is 0 Å². The third-order valence-corrected chi connectivity index (χ3v) is 5.10. The number of nitrogens with zero attached hydrogens (tertiary/aromatic N) is 2. The van der Waals surface area contributed by atoms with E-state index in [1.165, 1.54) is 35.0 Å². The van der Waals surface area contributed by atoms with Gasteiger partial charge >= 0.3 is 6.18 Å². The van der Waals surface area contributed by atoms with E-state index < -0.39 is 11.7 Å². The van der Waals surface area contributed by atoms with Crippen LogP contribution in [0.2, 0.25) is 0 Å². The van der Waals surface area contributed by atoms with Crippen LogP contribution in [0.4, 0.5) is 13.2 Å². The highest BCUT2D eigenvalue weighted by Crippen LogP contribution is 2.30. The van der Waals surface area contributed by atoms with E-state index in [4.69, 9.17) is 0 Å². The SMILES string of the molecule is Cc1ccc(-c2ccc(SCc3ccc(C(F)(F)F)cc3)nn2)cc1C. The number of alkyl halides is 3. The van der Waals surface area contributed by atoms with Crippen molar-refractivity contribution >= 4 is 11.8 Å². The zero-order valence-corrected chi connectivity index (χ0v) is 15.2. The maximum Gasteiger partial charge on any atom is 0.416 e. The smallest absolute Gasteiger partial charge is 0.166 e. The Kier molecular flexibility index (Phi) is 5.32. The van der Waals surface area contributed by atoms with Crippen molar-refractivity contribution in [1.82, 2.24) is 10.2 Å². The average molecular weight is 374 g/mol. The van der Waals surface area contributed by atoms with Crippen LogP contribution in [-0.4, -0.2) is 10.2 Å². The molecule has 0 radical (unpaired) electrons. The number of thioether (sulfide) groups is 1. The summed E-state index contributed by atoms with van der Waals surface area (Å²) < 4.78 is 37.7. The van der Waals surface area contributed by atoms with Crippen molar-refractivity contribution in [1.29, 1.82) is 0 Å². The Hall–Kier alpha value is -2.34. The standard InChI is InChI=1S/C20H17F3N2S/c1-13-3-6-16(11-14(13)2)18-9-10-19(25-24-18)26-12-15-4-7-17(8-5-15)20(21,22)23/h3-11H,12H2,1-2H3. The first kappa shape index (κ1) is 18.5. The van der Waals surface area contributed by atoms with Gasteiger partial charge in [-0.15, -0.1) is 10.2 Å². The van der Waals surface area contributed by atoms with Crippen LogP contribution in [0.3, 0.4) is 0 Å². The molecule has 6 heteroatoms. The van der Waals surface area contributed by atoms with Crippen molar-refractivity contribution < 1.29 is 13.2 Å². The largest absolute Gasteiger partial charge is 0.416 e. The summed E-state index contributed by atoms with van der Waals surface area (Å²) in [5.74, 6) is 0.538. The van der Waals surface area contributed by atoms with Crippen molar-refractivity contribution in [3.63, 3.8) is 0 Å². The fourth-order valence-corrected chi connectivity index (χ4v) is 3.17. The highest BCUT2D eigenvalue weighted by molar-refractivity contribution is 7.98. The maximum atomic E-state index is 12.6. The predicted molar refractivity (Wildman–Crippen MR) is 97.9 cm³/mol. The molecule has 26 heavy (non-hydrogen) atoms. The molecule has 2 aromatic carbocycles. The number of rotatable bonds is 4. The fourth-order valence-electron chi connectivity index (χ4n) is 2.40. The van der Waals surface area contributed by atoms with Crippen molar-refractivity contribution in [3.05, 3.63) is 76.9 Å². The average Bonchev–Trinajstić information content (AvgIpc) is 2.62. The maximum absolute atomic E-state index is 12.6. The minimum Gasteiger partial charge on any atom is -0.166 e. The van der Waals surface area contributed by atoms with Gasteiger partial charge in [-0.25, -0.2) is 0 Å². The fraction of sp³-hybridized carbons (Fsp3) is 0.200. The van der Waals surface area contributed by atoms with Gasteiger partial charge in [0.05, 0.1) is 11.3 Å². The Labute approximate surface area is 154 Å². The van der Waals surface area contributed by atoms with Crippen LogP contribution in [0, 0.1) is 13.8 Å². The molecule has 0 unspecified atom stereocenters. The third kappa shape index (κ3) is 4.43. The zero-order chi connectivity index (χ0) is 18.7. The van der Waals surface area contributed by atoms with Crippen LogP contribution in [0.5, 0.6) is 0 Å². The summed E-state index contributed by atoms with van der Waals surface area (Å²) in [5, 5.41) is 9.20. The molecule has 0 saturated carbocycles. The van der Waals surface area contributed by atoms with E-state index in [2.05, 4.69) is 36.2 Å². The summed E-state index contributed by atoms with van der Waals surface area (Å²) in [4.78, 5) is 0. The Morgan fingerprint density at radius 1 is 0.846 bits per heavy atom. The summed E-state index contributed by atoms with van der Waals surface area (Å²) >= 11 is 1.44. The zero-order valence-electron chi connectivity index (χ0n) is 14.3. The lowest BCUT2D eigenvalue weighted by atomic mass is 10.0. The van der Waals surface area contributed by atoms with E-state index in [0.29, 0.717) is 5.75 Å². The van der Waals surface area contributed by atoms with Gasteiger partial charge in [0.15, 0.2) is 0 Å². The molecule has 0 aliphatic heterocycles. The summed E-state index contributed by atoms with van der Waals surface area (Å²) in [6.45, 7) is 4.12. The molecule has 0 bridgehead atoms. The van der Waals surface area contributed by atoms with E-state index in [-0.39, 0.29) is 0 Å². The van der Waals surface area contributed by atoms with Crippen LogP contribution in [-0.2, 0) is 11.9 Å². The first-order chi connectivity index (χ1) is 12.3. The van der Waals surface area contributed by atoms with Crippen molar-refractivity contribution in [2.45, 2.75) is 30.8 Å². The highest BCUT2D eigenvalue weighted by atomic mass is 32.2. The van der Waals surface area contributed by atoms with Gasteiger partial charge in [0.1, 0.15) is 5.03 Å². The summed E-state index contributed by atoms with van der Waals surface area (Å²) in [5.41, 5.74) is 4.41. The molecule has 0 amide bonds. The minimum absolute atomic E-state index is 0.538. The predicted octanol–water partition coefficient (Wildman–Crippen LogP) is 6.07. The molecular weight excluding hydrogens is 357 g/mol. The van der Waals surface area contributed by atoms with E-state index >= 15 is 0 Å². The Morgan fingerprint density at radius 3 is 2.15 bits per heavy atom. The molecule has 0 aliphatic rings. The highest BCUT2D eigenvalue weighted by Gasteiger charge is 2.29. The van der Waals surface area contributed by atoms with E-state index in [1.807, 2.05) is 18.2 Å². The molecule has 3 rings (SSSR count). The lowest BCUT2D eigenvalue weighted by Gasteiger charge is -2.07. The molecule has 134 valence electrons. The molecule has 0 atom stereocenters. The van der Waals surface area contributed by atoms with Gasteiger partial charge in [-0.05, 0) is 60.9 Å². The lowest BCUT2D eigenvalue weighted by molar-refractivity contribution is -0.137. The van der Waals surface area contributed by atoms with Crippen LogP contribution >= 0.6 is 11.8 Å². The van der Waals surface area contributed by atoms with Gasteiger partial charge in [0.2, 0.25) is 0 Å². The minimum atomic E-state index is -4.30. The van der Waals surface area contributed by atoms with E-state index in [0.717, 1.165) is 34.0 Å². The molecular formula is C20H17F3N2S. The van der Waals surface area contributed by atoms with Crippen LogP contribution in [0.1, 0.15) is 22.3 Å². The normalized spacial score (nSPS) is 11.6. The van der Waals surface area contributed by atoms with Crippen molar-refractivity contribution in [3.8, 4) is 11.3 Å². The summed E-state index contributed by atoms with van der Waals surface area (Å²) in [7, 11) is 0. The van der Waals surface area contributed by atoms with Crippen LogP contribution in [0.25, 0.3) is 11.3 Å².